The van der Waals surface area contributed by atoms with Crippen LogP contribution in [0.2, 0.25) is 0 Å². The quantitative estimate of drug-likeness (QED) is 0.134. The van der Waals surface area contributed by atoms with E-state index >= 15 is 0 Å². The standard InChI is InChI=1S/C96H97B2N5O/c1-91(2,3)62-32-44-69(45-33-62)99(70-46-34-63(35-47-70)92(4,5)6)75-56-84-89-85(57-75)102(73-52-40-66(41-53-73)95(13,14)15)82-61-83-80(60-79(82)97(89)77-28-22-24-30-81(77)101(84)68-26-20-19-21-27-68)98-78-29-23-25-31-87(78)104-88-59-76(58-86(90(88)98)103(83)74-54-42-67(43-55-74)96(16,17)18)100(71-48-36-64(37-49-71)93(7,8)9)72-50-38-65(39-51-72)94(10,11)12/h19-61H,1-18H3. The van der Waals surface area contributed by atoms with Gasteiger partial charge in [0.25, 0.3) is 13.4 Å². The number of anilines is 15. The summed E-state index contributed by atoms with van der Waals surface area (Å²) in [5.41, 5.74) is 31.0. The van der Waals surface area contributed by atoms with Gasteiger partial charge in [-0.15, -0.1) is 0 Å². The third kappa shape index (κ3) is 11.9. The summed E-state index contributed by atoms with van der Waals surface area (Å²) < 4.78 is 7.48. The first-order chi connectivity index (χ1) is 49.4. The van der Waals surface area contributed by atoms with Gasteiger partial charge in [-0.25, -0.2) is 0 Å². The zero-order chi connectivity index (χ0) is 72.9. The second-order valence-electron chi connectivity index (χ2n) is 35.6. The first-order valence-corrected chi connectivity index (χ1v) is 37.5. The van der Waals surface area contributed by atoms with Crippen molar-refractivity contribution in [2.75, 3.05) is 24.5 Å². The molecule has 0 N–H and O–H groups in total. The van der Waals surface area contributed by atoms with Gasteiger partial charge in [0, 0.05) is 80.0 Å². The highest BCUT2D eigenvalue weighted by molar-refractivity contribution is 7.02. The van der Waals surface area contributed by atoms with Crippen LogP contribution in [0, 0.1) is 0 Å². The third-order valence-corrected chi connectivity index (χ3v) is 22.2. The van der Waals surface area contributed by atoms with Crippen molar-refractivity contribution in [3.05, 3.63) is 294 Å². The first-order valence-electron chi connectivity index (χ1n) is 37.5. The number of fused-ring (bicyclic) bond motifs is 8. The molecule has 4 aliphatic heterocycles. The molecule has 0 fully saturated rings. The zero-order valence-corrected chi connectivity index (χ0v) is 64.1. The molecule has 4 aliphatic rings. The second kappa shape index (κ2) is 24.6. The predicted molar refractivity (Wildman–Crippen MR) is 448 cm³/mol. The van der Waals surface area contributed by atoms with Crippen molar-refractivity contribution in [3.63, 3.8) is 0 Å². The van der Waals surface area contributed by atoms with Crippen molar-refractivity contribution in [3.8, 4) is 11.5 Å². The van der Waals surface area contributed by atoms with Crippen LogP contribution in [0.1, 0.15) is 158 Å². The SMILES string of the molecule is CC(C)(C)c1ccc(N(c2ccc(C(C)(C)C)cc2)c2cc3c4c(c2)N(c2ccc(C(C)(C)C)cc2)c2cc5c(cc2B4c2ccccc2O3)B2c3ccccc3N(c3ccccc3)c3cc(N(c4ccc(C(C)(C)C)cc4)c4ccc(C(C)(C)C)cc4)cc(c32)N5c2ccc(C(C)(C)C)cc2)cc1. The minimum atomic E-state index is -0.208. The number of benzene rings is 12. The van der Waals surface area contributed by atoms with Gasteiger partial charge in [0.05, 0.1) is 11.4 Å². The van der Waals surface area contributed by atoms with Crippen molar-refractivity contribution >= 4 is 132 Å². The molecule has 12 aromatic carbocycles. The molecule has 0 radical (unpaired) electrons. The highest BCUT2D eigenvalue weighted by Crippen LogP contribution is 2.53. The molecule has 0 atom stereocenters. The van der Waals surface area contributed by atoms with Crippen molar-refractivity contribution in [2.24, 2.45) is 0 Å². The van der Waals surface area contributed by atoms with Gasteiger partial charge in [-0.2, -0.15) is 0 Å². The number of ether oxygens (including phenoxy) is 1. The van der Waals surface area contributed by atoms with Crippen molar-refractivity contribution in [2.45, 2.75) is 157 Å². The lowest BCUT2D eigenvalue weighted by molar-refractivity contribution is 0.487. The maximum atomic E-state index is 7.48. The molecule has 6 nitrogen and oxygen atoms in total. The number of para-hydroxylation sites is 3. The van der Waals surface area contributed by atoms with Crippen molar-refractivity contribution in [1.29, 1.82) is 0 Å². The Hall–Kier alpha value is -10.4. The van der Waals surface area contributed by atoms with E-state index in [-0.39, 0.29) is 45.9 Å². The second-order valence-corrected chi connectivity index (χ2v) is 35.6. The highest BCUT2D eigenvalue weighted by atomic mass is 16.5. The van der Waals surface area contributed by atoms with Crippen LogP contribution < -0.4 is 62.0 Å². The number of nitrogens with zero attached hydrogens (tertiary/aromatic N) is 5. The summed E-state index contributed by atoms with van der Waals surface area (Å²) in [5.74, 6) is 1.71. The molecule has 518 valence electrons. The normalized spacial score (nSPS) is 13.8. The molecule has 0 bridgehead atoms. The Kier molecular flexibility index (Phi) is 16.1. The zero-order valence-electron chi connectivity index (χ0n) is 64.1. The summed E-state index contributed by atoms with van der Waals surface area (Å²) in [6.45, 7) is 41.0. The van der Waals surface area contributed by atoms with E-state index in [4.69, 9.17) is 4.74 Å². The van der Waals surface area contributed by atoms with E-state index < -0.39 is 0 Å². The van der Waals surface area contributed by atoms with Crippen LogP contribution in [0.3, 0.4) is 0 Å². The molecule has 0 unspecified atom stereocenters. The maximum absolute atomic E-state index is 7.48. The summed E-state index contributed by atoms with van der Waals surface area (Å²) >= 11 is 0. The van der Waals surface area contributed by atoms with Gasteiger partial charge >= 0.3 is 0 Å². The Labute approximate surface area is 619 Å². The van der Waals surface area contributed by atoms with Crippen LogP contribution in [0.5, 0.6) is 11.5 Å². The molecule has 4 heterocycles. The van der Waals surface area contributed by atoms with Gasteiger partial charge in [0.1, 0.15) is 11.5 Å². The Morgan fingerprint density at radius 1 is 0.231 bits per heavy atom. The molecule has 0 saturated carbocycles. The van der Waals surface area contributed by atoms with Crippen LogP contribution in [0.4, 0.5) is 85.3 Å². The van der Waals surface area contributed by atoms with E-state index in [2.05, 4.69) is 410 Å². The lowest BCUT2D eigenvalue weighted by Crippen LogP contribution is -2.64. The monoisotopic (exact) mass is 1360 g/mol. The van der Waals surface area contributed by atoms with Crippen LogP contribution >= 0.6 is 0 Å². The summed E-state index contributed by atoms with van der Waals surface area (Å²) in [5, 5.41) is 0. The lowest BCUT2D eigenvalue weighted by atomic mass is 9.30. The van der Waals surface area contributed by atoms with E-state index in [1.54, 1.807) is 0 Å². The van der Waals surface area contributed by atoms with Crippen LogP contribution in [0.15, 0.2) is 261 Å². The smallest absolute Gasteiger partial charge is 0.256 e. The largest absolute Gasteiger partial charge is 0.458 e. The highest BCUT2D eigenvalue weighted by Gasteiger charge is 2.49. The Morgan fingerprint density at radius 3 is 0.933 bits per heavy atom. The van der Waals surface area contributed by atoms with E-state index in [9.17, 15) is 0 Å². The number of hydrogen-bond acceptors (Lipinski definition) is 6. The minimum absolute atomic E-state index is 0.0290. The van der Waals surface area contributed by atoms with Gasteiger partial charge < -0.3 is 29.2 Å². The van der Waals surface area contributed by atoms with E-state index in [1.807, 2.05) is 0 Å². The maximum Gasteiger partial charge on any atom is 0.256 e. The molecular formula is C96H97B2N5O. The molecule has 16 rings (SSSR count). The minimum Gasteiger partial charge on any atom is -0.458 e. The summed E-state index contributed by atoms with van der Waals surface area (Å²) in [4.78, 5) is 12.7. The summed E-state index contributed by atoms with van der Waals surface area (Å²) in [7, 11) is 0. The number of hydrogen-bond donors (Lipinski definition) is 0. The third-order valence-electron chi connectivity index (χ3n) is 22.2. The molecule has 0 spiro atoms. The van der Waals surface area contributed by atoms with Crippen molar-refractivity contribution < 1.29 is 4.74 Å². The molecule has 0 aliphatic carbocycles. The first kappa shape index (κ1) is 68.0. The topological polar surface area (TPSA) is 25.4 Å². The fraction of sp³-hybridized carbons (Fsp3) is 0.250. The number of rotatable bonds is 9. The summed E-state index contributed by atoms with van der Waals surface area (Å²) in [6, 6.07) is 100. The molecular weight excluding hydrogens is 1260 g/mol. The van der Waals surface area contributed by atoms with Gasteiger partial charge in [-0.1, -0.05) is 258 Å². The van der Waals surface area contributed by atoms with Crippen LogP contribution in [-0.4, -0.2) is 13.4 Å². The Balaban J connectivity index is 1.01. The molecule has 104 heavy (non-hydrogen) atoms. The van der Waals surface area contributed by atoms with Gasteiger partial charge in [-0.3, -0.25) is 0 Å². The van der Waals surface area contributed by atoms with E-state index in [0.717, 1.165) is 108 Å². The van der Waals surface area contributed by atoms with Gasteiger partial charge in [0.15, 0.2) is 0 Å². The van der Waals surface area contributed by atoms with Gasteiger partial charge in [-0.05, 0) is 220 Å². The van der Waals surface area contributed by atoms with Gasteiger partial charge in [0.2, 0.25) is 0 Å². The molecule has 8 heteroatoms. The van der Waals surface area contributed by atoms with Crippen molar-refractivity contribution in [1.82, 2.24) is 0 Å². The lowest BCUT2D eigenvalue weighted by Gasteiger charge is -2.47. The Morgan fingerprint density at radius 2 is 0.538 bits per heavy atom. The molecule has 12 aromatic rings. The fourth-order valence-electron chi connectivity index (χ4n) is 16.3. The average molecular weight is 1360 g/mol. The average Bonchev–Trinajstić information content (AvgIpc) is 0.686. The molecule has 0 saturated heterocycles. The Bertz CT molecular complexity index is 5160. The van der Waals surface area contributed by atoms with Crippen LogP contribution in [-0.2, 0) is 32.5 Å². The van der Waals surface area contributed by atoms with E-state index in [1.165, 1.54) is 55.2 Å². The van der Waals surface area contributed by atoms with E-state index in [0.29, 0.717) is 0 Å². The van der Waals surface area contributed by atoms with Crippen LogP contribution in [0.25, 0.3) is 0 Å². The molecule has 0 aromatic heterocycles. The molecule has 0 amide bonds. The predicted octanol–water partition coefficient (Wildman–Crippen LogP) is 22.9. The fourth-order valence-corrected chi connectivity index (χ4v) is 16.3. The summed E-state index contributed by atoms with van der Waals surface area (Å²) in [6.07, 6.45) is 0.